The quantitative estimate of drug-likeness (QED) is 0.857. The number of carbonyl (C=O) groups excluding carboxylic acids is 1. The lowest BCUT2D eigenvalue weighted by molar-refractivity contribution is -0.130. The Morgan fingerprint density at radius 2 is 2.31 bits per heavy atom. The Balaban J connectivity index is 2.49. The first-order chi connectivity index (χ1) is 7.54. The van der Waals surface area contributed by atoms with Crippen LogP contribution in [0.5, 0.6) is 0 Å². The zero-order valence-electron chi connectivity index (χ0n) is 10.2. The molecule has 0 saturated carbocycles. The van der Waals surface area contributed by atoms with Crippen LogP contribution >= 0.6 is 11.3 Å². The third kappa shape index (κ3) is 3.61. The van der Waals surface area contributed by atoms with E-state index in [1.807, 2.05) is 14.0 Å². The lowest BCUT2D eigenvalue weighted by atomic mass is 10.1. The van der Waals surface area contributed by atoms with Gasteiger partial charge in [0.05, 0.1) is 6.54 Å². The van der Waals surface area contributed by atoms with Crippen LogP contribution in [0, 0.1) is 6.92 Å². The fraction of sp³-hybridized carbons (Fsp3) is 0.583. The summed E-state index contributed by atoms with van der Waals surface area (Å²) >= 11 is 1.69. The summed E-state index contributed by atoms with van der Waals surface area (Å²) in [5.74, 6) is 0.127. The van der Waals surface area contributed by atoms with Crippen molar-refractivity contribution in [2.24, 2.45) is 5.73 Å². The minimum absolute atomic E-state index is 0.0145. The van der Waals surface area contributed by atoms with E-state index in [-0.39, 0.29) is 11.9 Å². The Hall–Kier alpha value is -0.870. The Bertz CT molecular complexity index is 349. The number of aryl methyl sites for hydroxylation is 1. The second kappa shape index (κ2) is 6.01. The smallest absolute Gasteiger partial charge is 0.224 e. The topological polar surface area (TPSA) is 46.3 Å². The Labute approximate surface area is 101 Å². The van der Waals surface area contributed by atoms with E-state index < -0.39 is 0 Å². The molecule has 1 unspecified atom stereocenters. The molecule has 1 amide bonds. The molecule has 0 spiro atoms. The predicted octanol–water partition coefficient (Wildman–Crippen LogP) is 2.14. The second-order valence-corrected chi connectivity index (χ2v) is 5.15. The maximum atomic E-state index is 11.8. The van der Waals surface area contributed by atoms with Crippen LogP contribution in [0.3, 0.4) is 0 Å². The van der Waals surface area contributed by atoms with Crippen molar-refractivity contribution in [3.05, 3.63) is 21.9 Å². The van der Waals surface area contributed by atoms with Crippen molar-refractivity contribution >= 4 is 17.2 Å². The first-order valence-electron chi connectivity index (χ1n) is 5.57. The molecule has 4 heteroatoms. The molecule has 1 aromatic heterocycles. The van der Waals surface area contributed by atoms with Gasteiger partial charge in [-0.25, -0.2) is 0 Å². The molecule has 0 saturated heterocycles. The van der Waals surface area contributed by atoms with E-state index in [4.69, 9.17) is 5.73 Å². The fourth-order valence-corrected chi connectivity index (χ4v) is 2.35. The number of hydrogen-bond acceptors (Lipinski definition) is 3. The minimum atomic E-state index is -0.0145. The summed E-state index contributed by atoms with van der Waals surface area (Å²) in [6.07, 6.45) is 1.29. The first kappa shape index (κ1) is 13.2. The lowest BCUT2D eigenvalue weighted by Gasteiger charge is -2.18. The average molecular weight is 240 g/mol. The van der Waals surface area contributed by atoms with Crippen LogP contribution in [0.25, 0.3) is 0 Å². The molecule has 90 valence electrons. The highest BCUT2D eigenvalue weighted by molar-refractivity contribution is 7.10. The monoisotopic (exact) mass is 240 g/mol. The lowest BCUT2D eigenvalue weighted by Crippen LogP contribution is -2.32. The molecule has 1 rings (SSSR count). The van der Waals surface area contributed by atoms with Crippen molar-refractivity contribution in [1.29, 1.82) is 0 Å². The van der Waals surface area contributed by atoms with Gasteiger partial charge >= 0.3 is 0 Å². The molecule has 0 bridgehead atoms. The fourth-order valence-electron chi connectivity index (χ4n) is 1.39. The summed E-state index contributed by atoms with van der Waals surface area (Å²) in [5.41, 5.74) is 7.02. The molecule has 0 aliphatic rings. The van der Waals surface area contributed by atoms with E-state index in [1.54, 1.807) is 16.2 Å². The van der Waals surface area contributed by atoms with Gasteiger partial charge in [-0.2, -0.15) is 0 Å². The summed E-state index contributed by atoms with van der Waals surface area (Å²) in [5, 5.41) is 2.06. The van der Waals surface area contributed by atoms with Crippen LogP contribution in [0.15, 0.2) is 11.4 Å². The maximum absolute atomic E-state index is 11.8. The highest BCUT2D eigenvalue weighted by Gasteiger charge is 2.13. The highest BCUT2D eigenvalue weighted by Crippen LogP contribution is 2.17. The summed E-state index contributed by atoms with van der Waals surface area (Å²) in [4.78, 5) is 14.8. The average Bonchev–Trinajstić information content (AvgIpc) is 2.64. The highest BCUT2D eigenvalue weighted by atomic mass is 32.1. The Morgan fingerprint density at radius 1 is 1.62 bits per heavy atom. The SMILES string of the molecule is CCC(N)CC(=O)N(C)Cc1sccc1C. The van der Waals surface area contributed by atoms with Gasteiger partial charge in [0.25, 0.3) is 0 Å². The number of carbonyl (C=O) groups is 1. The van der Waals surface area contributed by atoms with Crippen LogP contribution in [0.2, 0.25) is 0 Å². The molecule has 3 nitrogen and oxygen atoms in total. The van der Waals surface area contributed by atoms with E-state index in [0.29, 0.717) is 13.0 Å². The number of nitrogens with two attached hydrogens (primary N) is 1. The maximum Gasteiger partial charge on any atom is 0.224 e. The van der Waals surface area contributed by atoms with Gasteiger partial charge in [0.2, 0.25) is 5.91 Å². The zero-order chi connectivity index (χ0) is 12.1. The minimum Gasteiger partial charge on any atom is -0.341 e. The van der Waals surface area contributed by atoms with Gasteiger partial charge in [-0.1, -0.05) is 6.92 Å². The van der Waals surface area contributed by atoms with Crippen molar-refractivity contribution in [3.63, 3.8) is 0 Å². The summed E-state index contributed by atoms with van der Waals surface area (Å²) < 4.78 is 0. The van der Waals surface area contributed by atoms with Gasteiger partial charge in [0, 0.05) is 24.4 Å². The molecule has 16 heavy (non-hydrogen) atoms. The number of rotatable bonds is 5. The molecule has 1 aromatic rings. The van der Waals surface area contributed by atoms with Crippen molar-refractivity contribution < 1.29 is 4.79 Å². The standard InChI is InChI=1S/C12H20N2OS/c1-4-10(13)7-12(15)14(3)8-11-9(2)5-6-16-11/h5-6,10H,4,7-8,13H2,1-3H3. The van der Waals surface area contributed by atoms with Crippen LogP contribution in [0.1, 0.15) is 30.2 Å². The largest absolute Gasteiger partial charge is 0.341 e. The van der Waals surface area contributed by atoms with Crippen LogP contribution in [0.4, 0.5) is 0 Å². The van der Waals surface area contributed by atoms with E-state index in [0.717, 1.165) is 6.42 Å². The normalized spacial score (nSPS) is 12.5. The van der Waals surface area contributed by atoms with E-state index in [2.05, 4.69) is 18.4 Å². The van der Waals surface area contributed by atoms with Gasteiger partial charge in [-0.05, 0) is 30.4 Å². The predicted molar refractivity (Wildman–Crippen MR) is 68.4 cm³/mol. The Morgan fingerprint density at radius 3 is 2.81 bits per heavy atom. The summed E-state index contributed by atoms with van der Waals surface area (Å²) in [7, 11) is 1.84. The second-order valence-electron chi connectivity index (χ2n) is 4.15. The molecule has 0 aliphatic heterocycles. The van der Waals surface area contributed by atoms with Gasteiger partial charge in [-0.3, -0.25) is 4.79 Å². The molecule has 1 heterocycles. The van der Waals surface area contributed by atoms with Crippen molar-refractivity contribution in [1.82, 2.24) is 4.90 Å². The third-order valence-corrected chi connectivity index (χ3v) is 3.74. The summed E-state index contributed by atoms with van der Waals surface area (Å²) in [6.45, 7) is 4.77. The van der Waals surface area contributed by atoms with Crippen LogP contribution in [-0.2, 0) is 11.3 Å². The molecular weight excluding hydrogens is 220 g/mol. The number of hydrogen-bond donors (Lipinski definition) is 1. The number of thiophene rings is 1. The van der Waals surface area contributed by atoms with Gasteiger partial charge < -0.3 is 10.6 Å². The van der Waals surface area contributed by atoms with Gasteiger partial charge in [0.15, 0.2) is 0 Å². The third-order valence-electron chi connectivity index (χ3n) is 2.74. The van der Waals surface area contributed by atoms with E-state index in [1.165, 1.54) is 10.4 Å². The molecular formula is C12H20N2OS. The van der Waals surface area contributed by atoms with Crippen molar-refractivity contribution in [3.8, 4) is 0 Å². The molecule has 0 radical (unpaired) electrons. The van der Waals surface area contributed by atoms with Gasteiger partial charge in [-0.15, -0.1) is 11.3 Å². The van der Waals surface area contributed by atoms with Crippen LogP contribution < -0.4 is 5.73 Å². The molecule has 0 aromatic carbocycles. The van der Waals surface area contributed by atoms with Crippen molar-refractivity contribution in [2.45, 2.75) is 39.3 Å². The molecule has 2 N–H and O–H groups in total. The molecule has 0 aliphatic carbocycles. The van der Waals surface area contributed by atoms with Crippen LogP contribution in [-0.4, -0.2) is 23.9 Å². The first-order valence-corrected chi connectivity index (χ1v) is 6.45. The number of nitrogens with zero attached hydrogens (tertiary/aromatic N) is 1. The van der Waals surface area contributed by atoms with E-state index >= 15 is 0 Å². The van der Waals surface area contributed by atoms with Crippen molar-refractivity contribution in [2.75, 3.05) is 7.05 Å². The molecule has 1 atom stereocenters. The summed E-state index contributed by atoms with van der Waals surface area (Å²) in [6, 6.07) is 2.06. The number of amides is 1. The molecule has 0 fully saturated rings. The van der Waals surface area contributed by atoms with E-state index in [9.17, 15) is 4.79 Å². The zero-order valence-corrected chi connectivity index (χ0v) is 11.0. The van der Waals surface area contributed by atoms with Gasteiger partial charge in [0.1, 0.15) is 0 Å². The Kier molecular flexibility index (Phi) is 4.96.